The van der Waals surface area contributed by atoms with Crippen molar-refractivity contribution in [3.63, 3.8) is 0 Å². The minimum atomic E-state index is -5.36. The van der Waals surface area contributed by atoms with Crippen molar-refractivity contribution in [3.05, 3.63) is 27.4 Å². The number of ether oxygens (including phenoxy) is 2. The number of nitro groups is 1. The second kappa shape index (κ2) is 5.85. The maximum atomic E-state index is 12.7. The third-order valence-electron chi connectivity index (χ3n) is 2.01. The quantitative estimate of drug-likeness (QED) is 0.367. The molecule has 0 saturated heterocycles. The van der Waals surface area contributed by atoms with E-state index in [-0.39, 0.29) is 6.07 Å². The third-order valence-corrected chi connectivity index (χ3v) is 2.01. The standard InChI is InChI=1S/C9H5F5N2O5/c1-20-8(17)5-3(6(10)11)2-4(21-9(12,13)14)7(15-5)16(18)19/h2,6H,1H3. The van der Waals surface area contributed by atoms with Gasteiger partial charge in [0.25, 0.3) is 12.1 Å². The lowest BCUT2D eigenvalue weighted by atomic mass is 10.2. The molecule has 1 heterocycles. The highest BCUT2D eigenvalue weighted by Gasteiger charge is 2.38. The van der Waals surface area contributed by atoms with Crippen LogP contribution in [0.5, 0.6) is 5.75 Å². The number of aromatic nitrogens is 1. The van der Waals surface area contributed by atoms with Crippen LogP contribution in [0.2, 0.25) is 0 Å². The largest absolute Gasteiger partial charge is 0.573 e. The van der Waals surface area contributed by atoms with Crippen LogP contribution in [0.1, 0.15) is 22.5 Å². The van der Waals surface area contributed by atoms with E-state index in [1.807, 2.05) is 0 Å². The van der Waals surface area contributed by atoms with Crippen LogP contribution < -0.4 is 4.74 Å². The molecule has 0 unspecified atom stereocenters. The normalized spacial score (nSPS) is 11.4. The summed E-state index contributed by atoms with van der Waals surface area (Å²) in [6, 6.07) is 0.0234. The number of nitrogens with zero attached hydrogens (tertiary/aromatic N) is 2. The Balaban J connectivity index is 3.54. The maximum Gasteiger partial charge on any atom is 0.573 e. The van der Waals surface area contributed by atoms with Crippen LogP contribution in [0.25, 0.3) is 0 Å². The first kappa shape index (κ1) is 16.5. The molecule has 0 N–H and O–H groups in total. The molecule has 0 aliphatic heterocycles. The number of carbonyl (C=O) groups excluding carboxylic acids is 1. The summed E-state index contributed by atoms with van der Waals surface area (Å²) in [7, 11) is 0.783. The predicted molar refractivity (Wildman–Crippen MR) is 53.9 cm³/mol. The average molecular weight is 316 g/mol. The molecule has 0 aromatic carbocycles. The number of methoxy groups -OCH3 is 1. The van der Waals surface area contributed by atoms with Crippen molar-refractivity contribution >= 4 is 11.8 Å². The van der Waals surface area contributed by atoms with E-state index in [1.54, 1.807) is 0 Å². The maximum absolute atomic E-state index is 12.7. The molecule has 0 amide bonds. The van der Waals surface area contributed by atoms with E-state index >= 15 is 0 Å². The molecule has 0 radical (unpaired) electrons. The van der Waals surface area contributed by atoms with Crippen molar-refractivity contribution < 1.29 is 41.1 Å². The SMILES string of the molecule is COC(=O)c1nc([N+](=O)[O-])c(OC(F)(F)F)cc1C(F)F. The van der Waals surface area contributed by atoms with Crippen molar-refractivity contribution in [3.8, 4) is 5.75 Å². The first-order valence-corrected chi connectivity index (χ1v) is 4.88. The minimum Gasteiger partial charge on any atom is -0.463 e. The molecule has 0 atom stereocenters. The van der Waals surface area contributed by atoms with Crippen molar-refractivity contribution in [2.24, 2.45) is 0 Å². The molecule has 1 aromatic rings. The van der Waals surface area contributed by atoms with Crippen molar-refractivity contribution in [1.82, 2.24) is 4.98 Å². The molecule has 0 aliphatic carbocycles. The van der Waals surface area contributed by atoms with Crippen LogP contribution in [-0.2, 0) is 4.74 Å². The van der Waals surface area contributed by atoms with Crippen LogP contribution in [0.4, 0.5) is 27.8 Å². The molecule has 0 bridgehead atoms. The number of hydrogen-bond acceptors (Lipinski definition) is 6. The summed E-state index contributed by atoms with van der Waals surface area (Å²) < 4.78 is 69.1. The molecule has 12 heteroatoms. The molecule has 0 fully saturated rings. The van der Waals surface area contributed by atoms with Crippen molar-refractivity contribution in [2.45, 2.75) is 12.8 Å². The highest BCUT2D eigenvalue weighted by Crippen LogP contribution is 2.35. The second-order valence-electron chi connectivity index (χ2n) is 3.35. The van der Waals surface area contributed by atoms with Gasteiger partial charge >= 0.3 is 18.1 Å². The van der Waals surface area contributed by atoms with Crippen LogP contribution >= 0.6 is 0 Å². The van der Waals surface area contributed by atoms with Gasteiger partial charge in [-0.1, -0.05) is 0 Å². The van der Waals surface area contributed by atoms with Gasteiger partial charge in [-0.3, -0.25) is 0 Å². The fourth-order valence-corrected chi connectivity index (χ4v) is 1.26. The van der Waals surface area contributed by atoms with Crippen molar-refractivity contribution in [1.29, 1.82) is 0 Å². The van der Waals surface area contributed by atoms with Crippen LogP contribution in [0.15, 0.2) is 6.07 Å². The zero-order chi connectivity index (χ0) is 16.4. The summed E-state index contributed by atoms with van der Waals surface area (Å²) in [5.41, 5.74) is -2.46. The van der Waals surface area contributed by atoms with Gasteiger partial charge in [-0.15, -0.1) is 13.2 Å². The number of hydrogen-bond donors (Lipinski definition) is 0. The molecule has 0 aliphatic rings. The predicted octanol–water partition coefficient (Wildman–Crippen LogP) is 2.61. The van der Waals surface area contributed by atoms with Gasteiger partial charge in [0.1, 0.15) is 0 Å². The summed E-state index contributed by atoms with van der Waals surface area (Å²) in [5.74, 6) is -4.57. The van der Waals surface area contributed by atoms with E-state index in [2.05, 4.69) is 14.5 Å². The van der Waals surface area contributed by atoms with Gasteiger partial charge in [-0.25, -0.2) is 13.6 Å². The van der Waals surface area contributed by atoms with Gasteiger partial charge in [0.15, 0.2) is 0 Å². The number of rotatable bonds is 4. The van der Waals surface area contributed by atoms with Crippen LogP contribution in [0, 0.1) is 10.1 Å². The Morgan fingerprint density at radius 1 is 1.43 bits per heavy atom. The monoisotopic (exact) mass is 316 g/mol. The molecule has 1 aromatic heterocycles. The smallest absolute Gasteiger partial charge is 0.463 e. The third kappa shape index (κ3) is 3.97. The number of pyridine rings is 1. The fourth-order valence-electron chi connectivity index (χ4n) is 1.26. The van der Waals surface area contributed by atoms with Crippen LogP contribution in [-0.4, -0.2) is 29.3 Å². The van der Waals surface area contributed by atoms with Gasteiger partial charge in [0, 0.05) is 6.07 Å². The average Bonchev–Trinajstić information content (AvgIpc) is 2.34. The Morgan fingerprint density at radius 3 is 2.38 bits per heavy atom. The first-order chi connectivity index (χ1) is 9.56. The van der Waals surface area contributed by atoms with Gasteiger partial charge in [-0.05, 0) is 9.91 Å². The summed E-state index contributed by atoms with van der Waals surface area (Å²) in [6.07, 6.45) is -8.79. The Hall–Kier alpha value is -2.53. The van der Waals surface area contributed by atoms with Crippen LogP contribution in [0.3, 0.4) is 0 Å². The van der Waals surface area contributed by atoms with Gasteiger partial charge < -0.3 is 19.6 Å². The highest BCUT2D eigenvalue weighted by atomic mass is 19.4. The molecule has 1 rings (SSSR count). The highest BCUT2D eigenvalue weighted by molar-refractivity contribution is 5.89. The molecular weight excluding hydrogens is 311 g/mol. The van der Waals surface area contributed by atoms with Gasteiger partial charge in [-0.2, -0.15) is 0 Å². The van der Waals surface area contributed by atoms with E-state index in [4.69, 9.17) is 0 Å². The van der Waals surface area contributed by atoms with Crippen molar-refractivity contribution in [2.75, 3.05) is 7.11 Å². The topological polar surface area (TPSA) is 91.6 Å². The molecule has 0 spiro atoms. The Labute approximate surface area is 112 Å². The summed E-state index contributed by atoms with van der Waals surface area (Å²) in [6.45, 7) is 0. The molecular formula is C9H5F5N2O5. The van der Waals surface area contributed by atoms with E-state index in [1.165, 1.54) is 0 Å². The lowest BCUT2D eigenvalue weighted by molar-refractivity contribution is -0.393. The van der Waals surface area contributed by atoms with Gasteiger partial charge in [0.2, 0.25) is 5.75 Å². The Kier molecular flexibility index (Phi) is 4.60. The number of esters is 1. The molecule has 0 saturated carbocycles. The first-order valence-electron chi connectivity index (χ1n) is 4.88. The van der Waals surface area contributed by atoms with E-state index in [0.29, 0.717) is 0 Å². The fraction of sp³-hybridized carbons (Fsp3) is 0.333. The zero-order valence-corrected chi connectivity index (χ0v) is 9.98. The zero-order valence-electron chi connectivity index (χ0n) is 9.98. The van der Waals surface area contributed by atoms with E-state index < -0.39 is 46.5 Å². The minimum absolute atomic E-state index is 0.0234. The molecule has 7 nitrogen and oxygen atoms in total. The summed E-state index contributed by atoms with van der Waals surface area (Å²) >= 11 is 0. The Bertz CT molecular complexity index is 574. The van der Waals surface area contributed by atoms with E-state index in [9.17, 15) is 36.9 Å². The number of halogens is 5. The van der Waals surface area contributed by atoms with Gasteiger partial charge in [0.05, 0.1) is 12.7 Å². The lowest BCUT2D eigenvalue weighted by Crippen LogP contribution is -2.20. The summed E-state index contributed by atoms with van der Waals surface area (Å²) in [4.78, 5) is 23.3. The Morgan fingerprint density at radius 2 is 2.00 bits per heavy atom. The number of carbonyl (C=O) groups is 1. The lowest BCUT2D eigenvalue weighted by Gasteiger charge is -2.11. The van der Waals surface area contributed by atoms with E-state index in [0.717, 1.165) is 7.11 Å². The molecule has 116 valence electrons. The summed E-state index contributed by atoms with van der Waals surface area (Å²) in [5, 5.41) is 10.6. The molecule has 21 heavy (non-hydrogen) atoms. The second-order valence-corrected chi connectivity index (χ2v) is 3.35. The number of alkyl halides is 5.